The highest BCUT2D eigenvalue weighted by Gasteiger charge is 2.22. The third-order valence-corrected chi connectivity index (χ3v) is 3.28. The summed E-state index contributed by atoms with van der Waals surface area (Å²) < 4.78 is 0. The second-order valence-electron chi connectivity index (χ2n) is 2.98. The molecule has 0 aromatic carbocycles. The number of carbonyl (C=O) groups is 2. The van der Waals surface area contributed by atoms with Crippen LogP contribution in [-0.4, -0.2) is 22.7 Å². The third kappa shape index (κ3) is 2.85. The highest BCUT2D eigenvalue weighted by molar-refractivity contribution is 8.01. The maximum absolute atomic E-state index is 11.2. The molecule has 0 aliphatic heterocycles. The van der Waals surface area contributed by atoms with Gasteiger partial charge in [0.05, 0.1) is 11.0 Å². The minimum absolute atomic E-state index is 0.0336. The molecule has 1 unspecified atom stereocenters. The van der Waals surface area contributed by atoms with Crippen molar-refractivity contribution < 1.29 is 9.59 Å². The van der Waals surface area contributed by atoms with Crippen LogP contribution in [0.15, 0.2) is 0 Å². The first-order valence-electron chi connectivity index (χ1n) is 4.13. The minimum Gasteiger partial charge on any atom is -0.369 e. The molecule has 3 nitrogen and oxygen atoms in total. The van der Waals surface area contributed by atoms with E-state index in [-0.39, 0.29) is 22.7 Å². The first-order valence-corrected chi connectivity index (χ1v) is 5.17. The molecule has 68 valence electrons. The molecular formula is C8H13NO2S. The van der Waals surface area contributed by atoms with E-state index in [2.05, 4.69) is 0 Å². The topological polar surface area (TPSA) is 60.2 Å². The first kappa shape index (κ1) is 9.58. The Morgan fingerprint density at radius 2 is 2.33 bits per heavy atom. The highest BCUT2D eigenvalue weighted by Crippen LogP contribution is 2.25. The molecule has 1 saturated carbocycles. The summed E-state index contributed by atoms with van der Waals surface area (Å²) in [6, 6.07) is 0. The van der Waals surface area contributed by atoms with Crippen molar-refractivity contribution in [2.24, 2.45) is 5.73 Å². The van der Waals surface area contributed by atoms with Crippen LogP contribution in [0.5, 0.6) is 0 Å². The number of amides is 1. The Morgan fingerprint density at radius 1 is 1.58 bits per heavy atom. The predicted octanol–water partition coefficient (Wildman–Crippen LogP) is 0.717. The van der Waals surface area contributed by atoms with Gasteiger partial charge in [0.15, 0.2) is 0 Å². The van der Waals surface area contributed by atoms with Gasteiger partial charge in [-0.3, -0.25) is 9.59 Å². The number of primary amides is 1. The van der Waals surface area contributed by atoms with E-state index in [0.717, 1.165) is 19.3 Å². The van der Waals surface area contributed by atoms with Crippen molar-refractivity contribution in [2.75, 3.05) is 5.75 Å². The number of rotatable bonds is 3. The monoisotopic (exact) mass is 187 g/mol. The molecule has 0 spiro atoms. The number of thioether (sulfide) groups is 1. The molecule has 1 fully saturated rings. The Morgan fingerprint density at radius 3 is 2.92 bits per heavy atom. The van der Waals surface area contributed by atoms with Crippen LogP contribution in [0.25, 0.3) is 0 Å². The van der Waals surface area contributed by atoms with Crippen LogP contribution >= 0.6 is 11.8 Å². The largest absolute Gasteiger partial charge is 0.369 e. The van der Waals surface area contributed by atoms with Crippen molar-refractivity contribution in [1.82, 2.24) is 0 Å². The molecule has 1 rings (SSSR count). The predicted molar refractivity (Wildman–Crippen MR) is 48.9 cm³/mol. The summed E-state index contributed by atoms with van der Waals surface area (Å²) in [6.45, 7) is 0. The van der Waals surface area contributed by atoms with Crippen LogP contribution in [0.4, 0.5) is 0 Å². The van der Waals surface area contributed by atoms with Crippen molar-refractivity contribution in [3.05, 3.63) is 0 Å². The molecular weight excluding hydrogens is 174 g/mol. The fourth-order valence-electron chi connectivity index (χ4n) is 1.31. The van der Waals surface area contributed by atoms with Gasteiger partial charge >= 0.3 is 0 Å². The van der Waals surface area contributed by atoms with Gasteiger partial charge in [-0.2, -0.15) is 0 Å². The molecule has 1 aliphatic carbocycles. The average Bonchev–Trinajstić information content (AvgIpc) is 2.03. The van der Waals surface area contributed by atoms with E-state index < -0.39 is 0 Å². The lowest BCUT2D eigenvalue weighted by Crippen LogP contribution is -2.24. The van der Waals surface area contributed by atoms with E-state index in [0.29, 0.717) is 6.42 Å². The Bertz CT molecular complexity index is 193. The van der Waals surface area contributed by atoms with Gasteiger partial charge in [-0.25, -0.2) is 0 Å². The van der Waals surface area contributed by atoms with E-state index in [4.69, 9.17) is 5.73 Å². The van der Waals surface area contributed by atoms with Crippen molar-refractivity contribution in [1.29, 1.82) is 0 Å². The zero-order chi connectivity index (χ0) is 8.97. The molecule has 12 heavy (non-hydrogen) atoms. The summed E-state index contributed by atoms with van der Waals surface area (Å²) in [6.07, 6.45) is 3.70. The van der Waals surface area contributed by atoms with Gasteiger partial charge in [-0.15, -0.1) is 11.8 Å². The molecule has 1 aliphatic rings. The summed E-state index contributed by atoms with van der Waals surface area (Å²) in [5.74, 6) is 0.224. The second-order valence-corrected chi connectivity index (χ2v) is 4.17. The Kier molecular flexibility index (Phi) is 3.59. The summed E-state index contributed by atoms with van der Waals surface area (Å²) >= 11 is 1.39. The average molecular weight is 187 g/mol. The van der Waals surface area contributed by atoms with Crippen LogP contribution in [0.2, 0.25) is 0 Å². The van der Waals surface area contributed by atoms with Crippen LogP contribution in [0, 0.1) is 0 Å². The summed E-state index contributed by atoms with van der Waals surface area (Å²) in [4.78, 5) is 21.7. The summed E-state index contributed by atoms with van der Waals surface area (Å²) in [5.41, 5.74) is 4.98. The van der Waals surface area contributed by atoms with Crippen molar-refractivity contribution in [3.8, 4) is 0 Å². The summed E-state index contributed by atoms with van der Waals surface area (Å²) in [5, 5.41) is 0.0336. The quantitative estimate of drug-likeness (QED) is 0.708. The molecule has 0 saturated heterocycles. The number of ketones is 1. The standard InChI is InChI=1S/C8H13NO2S/c9-8(11)5-12-7-4-2-1-3-6(7)10/h7H,1-5H2,(H2,9,11). The lowest BCUT2D eigenvalue weighted by atomic mass is 9.99. The smallest absolute Gasteiger partial charge is 0.227 e. The lowest BCUT2D eigenvalue weighted by molar-refractivity contribution is -0.119. The van der Waals surface area contributed by atoms with E-state index in [1.54, 1.807) is 0 Å². The van der Waals surface area contributed by atoms with E-state index >= 15 is 0 Å². The number of hydrogen-bond donors (Lipinski definition) is 1. The zero-order valence-electron chi connectivity index (χ0n) is 6.91. The van der Waals surface area contributed by atoms with Gasteiger partial charge in [0.1, 0.15) is 5.78 Å². The highest BCUT2D eigenvalue weighted by atomic mass is 32.2. The van der Waals surface area contributed by atoms with Crippen LogP contribution in [0.1, 0.15) is 25.7 Å². The third-order valence-electron chi connectivity index (χ3n) is 1.93. The van der Waals surface area contributed by atoms with Gasteiger partial charge in [0, 0.05) is 6.42 Å². The van der Waals surface area contributed by atoms with Crippen LogP contribution < -0.4 is 5.73 Å². The van der Waals surface area contributed by atoms with Crippen molar-refractivity contribution >= 4 is 23.5 Å². The van der Waals surface area contributed by atoms with Gasteiger partial charge in [0.25, 0.3) is 0 Å². The van der Waals surface area contributed by atoms with E-state index in [1.165, 1.54) is 11.8 Å². The van der Waals surface area contributed by atoms with Gasteiger partial charge in [-0.05, 0) is 12.8 Å². The van der Waals surface area contributed by atoms with Crippen molar-refractivity contribution in [2.45, 2.75) is 30.9 Å². The molecule has 0 heterocycles. The first-order chi connectivity index (χ1) is 5.70. The van der Waals surface area contributed by atoms with E-state index in [1.807, 2.05) is 0 Å². The van der Waals surface area contributed by atoms with Crippen LogP contribution in [0.3, 0.4) is 0 Å². The molecule has 0 bridgehead atoms. The normalized spacial score (nSPS) is 24.0. The van der Waals surface area contributed by atoms with Gasteiger partial charge < -0.3 is 5.73 Å². The number of Topliss-reactive ketones (excluding diaryl/α,β-unsaturated/α-hetero) is 1. The molecule has 0 radical (unpaired) electrons. The molecule has 0 aromatic heterocycles. The zero-order valence-corrected chi connectivity index (χ0v) is 7.73. The maximum Gasteiger partial charge on any atom is 0.227 e. The Hall–Kier alpha value is -0.510. The molecule has 4 heteroatoms. The van der Waals surface area contributed by atoms with Crippen molar-refractivity contribution in [3.63, 3.8) is 0 Å². The second kappa shape index (κ2) is 4.50. The minimum atomic E-state index is -0.335. The number of hydrogen-bond acceptors (Lipinski definition) is 3. The Balaban J connectivity index is 2.29. The fraction of sp³-hybridized carbons (Fsp3) is 0.750. The summed E-state index contributed by atoms with van der Waals surface area (Å²) in [7, 11) is 0. The SMILES string of the molecule is NC(=O)CSC1CCCCC1=O. The lowest BCUT2D eigenvalue weighted by Gasteiger charge is -2.18. The molecule has 1 amide bonds. The molecule has 0 aromatic rings. The number of carbonyl (C=O) groups excluding carboxylic acids is 2. The molecule has 2 N–H and O–H groups in total. The van der Waals surface area contributed by atoms with Gasteiger partial charge in [0.2, 0.25) is 5.91 Å². The Labute approximate surface area is 76.1 Å². The molecule has 1 atom stereocenters. The van der Waals surface area contributed by atoms with E-state index in [9.17, 15) is 9.59 Å². The fourth-order valence-corrected chi connectivity index (χ4v) is 2.31. The van der Waals surface area contributed by atoms with Gasteiger partial charge in [-0.1, -0.05) is 6.42 Å². The van der Waals surface area contributed by atoms with Crippen LogP contribution in [-0.2, 0) is 9.59 Å². The maximum atomic E-state index is 11.2. The number of nitrogens with two attached hydrogens (primary N) is 1.